The second kappa shape index (κ2) is 5.87. The molecule has 0 aliphatic rings. The molecule has 0 fully saturated rings. The van der Waals surface area contributed by atoms with Crippen LogP contribution >= 0.6 is 0 Å². The first kappa shape index (κ1) is 12.9. The van der Waals surface area contributed by atoms with Gasteiger partial charge in [0.05, 0.1) is 6.61 Å². The molecule has 0 aromatic heterocycles. The molecule has 0 saturated heterocycles. The van der Waals surface area contributed by atoms with Crippen molar-refractivity contribution < 1.29 is 13.9 Å². The van der Waals surface area contributed by atoms with E-state index in [4.69, 9.17) is 14.7 Å². The molecule has 0 amide bonds. The van der Waals surface area contributed by atoms with Crippen LogP contribution in [0.4, 0.5) is 4.39 Å². The van der Waals surface area contributed by atoms with Crippen LogP contribution in [0.2, 0.25) is 0 Å². The van der Waals surface area contributed by atoms with Gasteiger partial charge in [-0.05, 0) is 43.3 Å². The third kappa shape index (κ3) is 3.02. The van der Waals surface area contributed by atoms with E-state index in [0.29, 0.717) is 12.4 Å². The van der Waals surface area contributed by atoms with Gasteiger partial charge in [-0.3, -0.25) is 0 Å². The average Bonchev–Trinajstić information content (AvgIpc) is 2.42. The van der Waals surface area contributed by atoms with Gasteiger partial charge in [-0.25, -0.2) is 4.39 Å². The number of benzene rings is 2. The van der Waals surface area contributed by atoms with Crippen molar-refractivity contribution in [1.29, 1.82) is 5.26 Å². The summed E-state index contributed by atoms with van der Waals surface area (Å²) in [6.07, 6.45) is 0. The Bertz CT molecular complexity index is 603. The zero-order chi connectivity index (χ0) is 13.7. The van der Waals surface area contributed by atoms with E-state index >= 15 is 0 Å². The first-order valence-electron chi connectivity index (χ1n) is 5.84. The molecule has 3 nitrogen and oxygen atoms in total. The van der Waals surface area contributed by atoms with Gasteiger partial charge >= 0.3 is 0 Å². The molecule has 96 valence electrons. The fraction of sp³-hybridized carbons (Fsp3) is 0.133. The smallest absolute Gasteiger partial charge is 0.148 e. The molecule has 0 heterocycles. The SMILES string of the molecule is CCOc1ccc(Oc2cccc(F)c2C#N)cc1. The van der Waals surface area contributed by atoms with Gasteiger partial charge in [-0.15, -0.1) is 0 Å². The quantitative estimate of drug-likeness (QED) is 0.834. The highest BCUT2D eigenvalue weighted by atomic mass is 19.1. The summed E-state index contributed by atoms with van der Waals surface area (Å²) in [6, 6.07) is 13.0. The van der Waals surface area contributed by atoms with E-state index in [1.807, 2.05) is 6.92 Å². The van der Waals surface area contributed by atoms with E-state index < -0.39 is 5.82 Å². The average molecular weight is 257 g/mol. The maximum Gasteiger partial charge on any atom is 0.148 e. The van der Waals surface area contributed by atoms with E-state index in [2.05, 4.69) is 0 Å². The predicted octanol–water partition coefficient (Wildman–Crippen LogP) is 3.89. The lowest BCUT2D eigenvalue weighted by Gasteiger charge is -2.08. The maximum absolute atomic E-state index is 13.4. The van der Waals surface area contributed by atoms with Gasteiger partial charge < -0.3 is 9.47 Å². The van der Waals surface area contributed by atoms with Crippen molar-refractivity contribution in [3.63, 3.8) is 0 Å². The number of ether oxygens (including phenoxy) is 2. The second-order valence-electron chi connectivity index (χ2n) is 3.73. The summed E-state index contributed by atoms with van der Waals surface area (Å²) in [5, 5.41) is 8.90. The van der Waals surface area contributed by atoms with Gasteiger partial charge in [-0.1, -0.05) is 6.07 Å². The van der Waals surface area contributed by atoms with E-state index in [-0.39, 0.29) is 11.3 Å². The molecule has 0 bridgehead atoms. The van der Waals surface area contributed by atoms with Crippen molar-refractivity contribution in [3.05, 3.63) is 53.8 Å². The molecule has 2 aromatic carbocycles. The molecule has 4 heteroatoms. The van der Waals surface area contributed by atoms with Crippen molar-refractivity contribution in [2.45, 2.75) is 6.92 Å². The molecule has 0 N–H and O–H groups in total. The summed E-state index contributed by atoms with van der Waals surface area (Å²) >= 11 is 0. The van der Waals surface area contributed by atoms with Gasteiger partial charge in [0, 0.05) is 0 Å². The van der Waals surface area contributed by atoms with Gasteiger partial charge in [-0.2, -0.15) is 5.26 Å². The van der Waals surface area contributed by atoms with Crippen molar-refractivity contribution >= 4 is 0 Å². The topological polar surface area (TPSA) is 42.2 Å². The second-order valence-corrected chi connectivity index (χ2v) is 3.73. The predicted molar refractivity (Wildman–Crippen MR) is 68.8 cm³/mol. The Hall–Kier alpha value is -2.54. The van der Waals surface area contributed by atoms with Crippen LogP contribution in [0.5, 0.6) is 17.2 Å². The van der Waals surface area contributed by atoms with Crippen molar-refractivity contribution in [2.24, 2.45) is 0 Å². The summed E-state index contributed by atoms with van der Waals surface area (Å²) in [5.74, 6) is 0.859. The lowest BCUT2D eigenvalue weighted by Crippen LogP contribution is -1.93. The van der Waals surface area contributed by atoms with E-state index in [1.54, 1.807) is 36.4 Å². The largest absolute Gasteiger partial charge is 0.494 e. The first-order chi connectivity index (χ1) is 9.24. The lowest BCUT2D eigenvalue weighted by atomic mass is 10.2. The van der Waals surface area contributed by atoms with Crippen LogP contribution in [-0.4, -0.2) is 6.61 Å². The van der Waals surface area contributed by atoms with Crippen LogP contribution in [0.3, 0.4) is 0 Å². The highest BCUT2D eigenvalue weighted by Crippen LogP contribution is 2.27. The Morgan fingerprint density at radius 1 is 1.11 bits per heavy atom. The molecule has 19 heavy (non-hydrogen) atoms. The number of rotatable bonds is 4. The zero-order valence-electron chi connectivity index (χ0n) is 10.4. The number of hydrogen-bond acceptors (Lipinski definition) is 3. The number of nitriles is 1. The summed E-state index contributed by atoms with van der Waals surface area (Å²) in [4.78, 5) is 0. The van der Waals surface area contributed by atoms with E-state index in [0.717, 1.165) is 5.75 Å². The number of halogens is 1. The molecule has 0 unspecified atom stereocenters. The molecular formula is C15H12FNO2. The molecule has 0 spiro atoms. The Balaban J connectivity index is 2.22. The number of nitrogens with zero attached hydrogens (tertiary/aromatic N) is 1. The van der Waals surface area contributed by atoms with Crippen LogP contribution in [-0.2, 0) is 0 Å². The standard InChI is InChI=1S/C15H12FNO2/c1-2-18-11-6-8-12(9-7-11)19-15-5-3-4-14(16)13(15)10-17/h3-9H,2H2,1H3. The fourth-order valence-electron chi connectivity index (χ4n) is 1.60. The lowest BCUT2D eigenvalue weighted by molar-refractivity contribution is 0.339. The summed E-state index contributed by atoms with van der Waals surface area (Å²) < 4.78 is 24.2. The molecule has 2 rings (SSSR count). The Kier molecular flexibility index (Phi) is 3.99. The van der Waals surface area contributed by atoms with Crippen molar-refractivity contribution in [1.82, 2.24) is 0 Å². The molecule has 0 aliphatic heterocycles. The molecule has 0 atom stereocenters. The van der Waals surface area contributed by atoms with Crippen LogP contribution in [0.25, 0.3) is 0 Å². The third-order valence-electron chi connectivity index (χ3n) is 2.45. The van der Waals surface area contributed by atoms with Crippen molar-refractivity contribution in [3.8, 4) is 23.3 Å². The molecule has 0 saturated carbocycles. The first-order valence-corrected chi connectivity index (χ1v) is 5.84. The molecule has 2 aromatic rings. The van der Waals surface area contributed by atoms with Gasteiger partial charge in [0.15, 0.2) is 0 Å². The van der Waals surface area contributed by atoms with Crippen molar-refractivity contribution in [2.75, 3.05) is 6.61 Å². The summed E-state index contributed by atoms with van der Waals surface area (Å²) in [5.41, 5.74) is -0.101. The summed E-state index contributed by atoms with van der Waals surface area (Å²) in [7, 11) is 0. The van der Waals surface area contributed by atoms with Crippen LogP contribution in [0.15, 0.2) is 42.5 Å². The monoisotopic (exact) mass is 257 g/mol. The van der Waals surface area contributed by atoms with Gasteiger partial charge in [0.2, 0.25) is 0 Å². The Morgan fingerprint density at radius 2 is 1.79 bits per heavy atom. The Labute approximate surface area is 110 Å². The minimum atomic E-state index is -0.592. The van der Waals surface area contributed by atoms with E-state index in [9.17, 15) is 4.39 Å². The Morgan fingerprint density at radius 3 is 2.42 bits per heavy atom. The fourth-order valence-corrected chi connectivity index (χ4v) is 1.60. The normalized spacial score (nSPS) is 9.74. The minimum Gasteiger partial charge on any atom is -0.494 e. The zero-order valence-corrected chi connectivity index (χ0v) is 10.4. The molecule has 0 aliphatic carbocycles. The van der Waals surface area contributed by atoms with Crippen LogP contribution < -0.4 is 9.47 Å². The third-order valence-corrected chi connectivity index (χ3v) is 2.45. The van der Waals surface area contributed by atoms with Gasteiger partial charge in [0.1, 0.15) is 34.7 Å². The van der Waals surface area contributed by atoms with E-state index in [1.165, 1.54) is 12.1 Å². The summed E-state index contributed by atoms with van der Waals surface area (Å²) in [6.45, 7) is 2.49. The van der Waals surface area contributed by atoms with Gasteiger partial charge in [0.25, 0.3) is 0 Å². The van der Waals surface area contributed by atoms with Crippen LogP contribution in [0.1, 0.15) is 12.5 Å². The maximum atomic E-state index is 13.4. The molecule has 0 radical (unpaired) electrons. The number of hydrogen-bond donors (Lipinski definition) is 0. The highest BCUT2D eigenvalue weighted by Gasteiger charge is 2.09. The molecular weight excluding hydrogens is 245 g/mol. The minimum absolute atomic E-state index is 0.101. The van der Waals surface area contributed by atoms with Crippen LogP contribution in [0, 0.1) is 17.1 Å². The highest BCUT2D eigenvalue weighted by molar-refractivity contribution is 5.46.